The van der Waals surface area contributed by atoms with Gasteiger partial charge in [-0.3, -0.25) is 0 Å². The third-order valence-electron chi connectivity index (χ3n) is 1.47. The van der Waals surface area contributed by atoms with Crippen molar-refractivity contribution in [2.45, 2.75) is 0 Å². The van der Waals surface area contributed by atoms with E-state index < -0.39 is 29.0 Å². The first-order valence-corrected chi connectivity index (χ1v) is 5.15. The van der Waals surface area contributed by atoms with E-state index in [1.165, 1.54) is 0 Å². The number of quaternary nitrogens is 1. The molecule has 0 aromatic carbocycles. The predicted octanol–water partition coefficient (Wildman–Crippen LogP) is 0.380. The quantitative estimate of drug-likeness (QED) is 0.360. The average Bonchev–Trinajstić information content (AvgIpc) is 2.46. The third-order valence-corrected chi connectivity index (χ3v) is 1.47. The molecule has 21 heavy (non-hydrogen) atoms. The minimum Gasteiger partial charge on any atom is -0.239 e. The molecule has 0 aromatic rings. The molecule has 112 valence electrons. The van der Waals surface area contributed by atoms with Crippen LogP contribution in [0.5, 0.6) is 0 Å². The number of hydrogen-bond acceptors (Lipinski definition) is 8. The molecule has 0 aromatic heterocycles. The topological polar surface area (TPSA) is 105 Å². The highest BCUT2D eigenvalue weighted by Gasteiger charge is 2.50. The molecule has 0 radical (unpaired) electrons. The fourth-order valence-corrected chi connectivity index (χ4v) is 0.702. The molecule has 0 aliphatic carbocycles. The molecule has 9 nitrogen and oxygen atoms in total. The van der Waals surface area contributed by atoms with Gasteiger partial charge in [-0.25, -0.2) is 19.2 Å². The van der Waals surface area contributed by atoms with Crippen molar-refractivity contribution in [3.8, 4) is 0 Å². The van der Waals surface area contributed by atoms with E-state index in [9.17, 15) is 19.2 Å². The van der Waals surface area contributed by atoms with Crippen molar-refractivity contribution in [1.82, 2.24) is 0 Å². The maximum Gasteiger partial charge on any atom is 0.441 e. The first kappa shape index (κ1) is 17.8. The summed E-state index contributed by atoms with van der Waals surface area (Å²) in [6.07, 6.45) is 2.55. The number of hydrogen-bond donors (Lipinski definition) is 0. The van der Waals surface area contributed by atoms with Crippen molar-refractivity contribution < 1.29 is 43.7 Å². The normalized spacial score (nSPS) is 9.52. The zero-order valence-corrected chi connectivity index (χ0v) is 10.9. The Balaban J connectivity index is 5.63. The summed E-state index contributed by atoms with van der Waals surface area (Å²) >= 11 is 0. The molecule has 0 aliphatic heterocycles. The zero-order valence-electron chi connectivity index (χ0n) is 10.9. The summed E-state index contributed by atoms with van der Waals surface area (Å²) in [6.45, 7) is 12.3. The molecular weight excluding hydrogens is 286 g/mol. The van der Waals surface area contributed by atoms with Crippen LogP contribution in [0.3, 0.4) is 0 Å². The second kappa shape index (κ2) is 8.07. The molecule has 0 bridgehead atoms. The third kappa shape index (κ3) is 5.98. The minimum atomic E-state index is -2.31. The van der Waals surface area contributed by atoms with Crippen LogP contribution in [0.1, 0.15) is 0 Å². The molecular formula is C12H12NO8+. The first-order valence-electron chi connectivity index (χ1n) is 5.15. The van der Waals surface area contributed by atoms with Gasteiger partial charge in [0.25, 0.3) is 0 Å². The largest absolute Gasteiger partial charge is 0.441 e. The number of nitrogens with zero attached hydrogens (tertiary/aromatic N) is 1. The van der Waals surface area contributed by atoms with Crippen molar-refractivity contribution in [2.75, 3.05) is 0 Å². The van der Waals surface area contributed by atoms with Crippen LogP contribution >= 0.6 is 0 Å². The van der Waals surface area contributed by atoms with Crippen LogP contribution in [0.25, 0.3) is 0 Å². The first-order chi connectivity index (χ1) is 9.82. The van der Waals surface area contributed by atoms with Crippen LogP contribution in [0, 0.1) is 0 Å². The highest BCUT2D eigenvalue weighted by atomic mass is 17.4. The SMILES string of the molecule is C=CC(=O)O[N+](OC(=O)C=C)(OC(=O)C=C)OC(=O)C=C. The van der Waals surface area contributed by atoms with Crippen LogP contribution in [0.15, 0.2) is 50.6 Å². The predicted molar refractivity (Wildman–Crippen MR) is 65.4 cm³/mol. The minimum absolute atomic E-state index is 0.637. The van der Waals surface area contributed by atoms with Crippen molar-refractivity contribution in [2.24, 2.45) is 0 Å². The van der Waals surface area contributed by atoms with Gasteiger partial charge in [0.15, 0.2) is 0 Å². The summed E-state index contributed by atoms with van der Waals surface area (Å²) in [6, 6.07) is 0. The van der Waals surface area contributed by atoms with E-state index in [0.29, 0.717) is 24.3 Å². The number of carbonyl (C=O) groups is 4. The van der Waals surface area contributed by atoms with Crippen molar-refractivity contribution in [1.29, 1.82) is 0 Å². The molecule has 0 spiro atoms. The Morgan fingerprint density at radius 1 is 0.571 bits per heavy atom. The van der Waals surface area contributed by atoms with Crippen molar-refractivity contribution in [3.05, 3.63) is 50.6 Å². The zero-order chi connectivity index (χ0) is 16.5. The van der Waals surface area contributed by atoms with E-state index in [1.54, 1.807) is 0 Å². The molecule has 0 amide bonds. The molecule has 0 fully saturated rings. The molecule has 0 aliphatic rings. The van der Waals surface area contributed by atoms with Crippen LogP contribution in [-0.4, -0.2) is 29.0 Å². The Labute approximate surface area is 119 Å². The van der Waals surface area contributed by atoms with Gasteiger partial charge in [-0.05, 0) is 0 Å². The van der Waals surface area contributed by atoms with Crippen LogP contribution in [-0.2, 0) is 38.5 Å². The Hall–Kier alpha value is -3.20. The van der Waals surface area contributed by atoms with E-state index in [4.69, 9.17) is 0 Å². The van der Waals surface area contributed by atoms with Gasteiger partial charge in [-0.15, -0.1) is 19.4 Å². The molecule has 0 saturated heterocycles. The van der Waals surface area contributed by atoms with Crippen molar-refractivity contribution in [3.63, 3.8) is 0 Å². The van der Waals surface area contributed by atoms with Gasteiger partial charge >= 0.3 is 29.0 Å². The molecule has 0 rings (SSSR count). The Kier molecular flexibility index (Phi) is 6.84. The van der Waals surface area contributed by atoms with Gasteiger partial charge in [-0.1, -0.05) is 26.3 Å². The Bertz CT molecular complexity index is 414. The summed E-state index contributed by atoms with van der Waals surface area (Å²) in [4.78, 5) is 62.6. The fraction of sp³-hybridized carbons (Fsp3) is 0. The molecule has 0 heterocycles. The summed E-state index contributed by atoms with van der Waals surface area (Å²) in [7, 11) is 0. The lowest BCUT2D eigenvalue weighted by Crippen LogP contribution is -2.52. The highest BCUT2D eigenvalue weighted by molar-refractivity contribution is 5.83. The second-order valence-corrected chi connectivity index (χ2v) is 2.91. The van der Waals surface area contributed by atoms with E-state index in [0.717, 1.165) is 0 Å². The lowest BCUT2D eigenvalue weighted by atomic mass is 10.7. The second-order valence-electron chi connectivity index (χ2n) is 2.91. The maximum atomic E-state index is 11.2. The van der Waals surface area contributed by atoms with E-state index in [1.807, 2.05) is 0 Å². The Morgan fingerprint density at radius 3 is 0.905 bits per heavy atom. The average molecular weight is 298 g/mol. The monoisotopic (exact) mass is 298 g/mol. The van der Waals surface area contributed by atoms with E-state index >= 15 is 0 Å². The van der Waals surface area contributed by atoms with Gasteiger partial charge in [0, 0.05) is 24.3 Å². The highest BCUT2D eigenvalue weighted by Crippen LogP contribution is 2.16. The van der Waals surface area contributed by atoms with Crippen LogP contribution < -0.4 is 0 Å². The smallest absolute Gasteiger partial charge is 0.239 e. The van der Waals surface area contributed by atoms with Gasteiger partial charge in [0.1, 0.15) is 0 Å². The van der Waals surface area contributed by atoms with Gasteiger partial charge < -0.3 is 0 Å². The van der Waals surface area contributed by atoms with Crippen LogP contribution in [0.2, 0.25) is 0 Å². The molecule has 0 N–H and O–H groups in total. The number of rotatable bonds is 8. The Morgan fingerprint density at radius 2 is 0.762 bits per heavy atom. The fourth-order valence-electron chi connectivity index (χ4n) is 0.702. The standard InChI is InChI=1S/C12H12NO8/c1-5-9(14)18-13(19-10(15)6-2,20-11(16)7-3)21-12(17)8-4/h5-8H,1-4H2/q+1. The van der Waals surface area contributed by atoms with Crippen molar-refractivity contribution >= 4 is 23.9 Å². The molecule has 0 atom stereocenters. The summed E-state index contributed by atoms with van der Waals surface area (Å²) in [5.74, 6) is -4.94. The molecule has 9 heteroatoms. The van der Waals surface area contributed by atoms with Gasteiger partial charge in [0.2, 0.25) is 0 Å². The van der Waals surface area contributed by atoms with Gasteiger partial charge in [-0.2, -0.15) is 0 Å². The van der Waals surface area contributed by atoms with E-state index in [-0.39, 0.29) is 0 Å². The summed E-state index contributed by atoms with van der Waals surface area (Å²) in [5.41, 5.74) is 0. The van der Waals surface area contributed by atoms with Gasteiger partial charge in [0.05, 0.1) is 0 Å². The summed E-state index contributed by atoms with van der Waals surface area (Å²) in [5, 5.41) is -2.31. The van der Waals surface area contributed by atoms with E-state index in [2.05, 4.69) is 45.7 Å². The summed E-state index contributed by atoms with van der Waals surface area (Å²) < 4.78 is 0. The number of carbonyl (C=O) groups excluding carboxylic acids is 4. The maximum absolute atomic E-state index is 11.2. The lowest BCUT2D eigenvalue weighted by molar-refractivity contribution is -1.44. The van der Waals surface area contributed by atoms with Crippen LogP contribution in [0.4, 0.5) is 0 Å². The lowest BCUT2D eigenvalue weighted by Gasteiger charge is -2.19. The molecule has 0 unspecified atom stereocenters. The molecule has 0 saturated carbocycles.